The molecule has 0 spiro atoms. The van der Waals surface area contributed by atoms with E-state index in [2.05, 4.69) is 10.6 Å². The molecule has 0 bridgehead atoms. The van der Waals surface area contributed by atoms with Gasteiger partial charge in [-0.2, -0.15) is 0 Å². The molecule has 3 aromatic rings. The summed E-state index contributed by atoms with van der Waals surface area (Å²) in [5.74, 6) is -0.628. The predicted octanol–water partition coefficient (Wildman–Crippen LogP) is 1.54. The van der Waals surface area contributed by atoms with E-state index in [4.69, 9.17) is 17.2 Å². The molecule has 3 atom stereocenters. The monoisotopic (exact) mass is 572 g/mol. The molecule has 42 heavy (non-hydrogen) atoms. The molecule has 0 fully saturated rings. The van der Waals surface area contributed by atoms with Crippen LogP contribution in [0.15, 0.2) is 91.0 Å². The quantitative estimate of drug-likeness (QED) is 0.155. The molecule has 3 aromatic carbocycles. The molecule has 0 aliphatic rings. The molecule has 0 aliphatic heterocycles. The molecular weight excluding hydrogens is 528 g/mol. The summed E-state index contributed by atoms with van der Waals surface area (Å²) < 4.78 is 0. The zero-order valence-electron chi connectivity index (χ0n) is 24.2. The molecular formula is C33H44N6O3. The number of hydrogen-bond acceptors (Lipinski definition) is 6. The highest BCUT2D eigenvalue weighted by Crippen LogP contribution is 2.07. The average molecular weight is 573 g/mol. The average Bonchev–Trinajstić information content (AvgIpc) is 3.01. The lowest BCUT2D eigenvalue weighted by atomic mass is 10.1. The maximum absolute atomic E-state index is 13.3. The van der Waals surface area contributed by atoms with Crippen LogP contribution >= 0.6 is 0 Å². The number of benzene rings is 3. The van der Waals surface area contributed by atoms with Crippen LogP contribution in [0.2, 0.25) is 0 Å². The zero-order chi connectivity index (χ0) is 30.2. The number of nitrogens with two attached hydrogens (primary N) is 3. The van der Waals surface area contributed by atoms with E-state index in [1.165, 1.54) is 0 Å². The van der Waals surface area contributed by atoms with Crippen LogP contribution in [-0.2, 0) is 33.6 Å². The molecule has 224 valence electrons. The molecule has 9 heteroatoms. The zero-order valence-corrected chi connectivity index (χ0v) is 24.2. The van der Waals surface area contributed by atoms with Gasteiger partial charge in [0, 0.05) is 26.2 Å². The molecule has 3 rings (SSSR count). The first kappa shape index (κ1) is 32.5. The van der Waals surface area contributed by atoms with Crippen molar-refractivity contribution < 1.29 is 14.4 Å². The van der Waals surface area contributed by atoms with E-state index in [1.54, 1.807) is 4.90 Å². The molecule has 8 N–H and O–H groups in total. The van der Waals surface area contributed by atoms with Crippen molar-refractivity contribution >= 4 is 17.7 Å². The van der Waals surface area contributed by atoms with Crippen LogP contribution in [0.25, 0.3) is 0 Å². The first-order valence-electron chi connectivity index (χ1n) is 14.6. The van der Waals surface area contributed by atoms with Crippen LogP contribution in [0.4, 0.5) is 0 Å². The van der Waals surface area contributed by atoms with Crippen molar-refractivity contribution in [3.63, 3.8) is 0 Å². The van der Waals surface area contributed by atoms with E-state index in [-0.39, 0.29) is 17.7 Å². The number of carbonyl (C=O) groups is 3. The second kappa shape index (κ2) is 17.7. The van der Waals surface area contributed by atoms with Gasteiger partial charge in [-0.05, 0) is 48.8 Å². The third-order valence-electron chi connectivity index (χ3n) is 7.01. The molecule has 0 saturated heterocycles. The fraction of sp³-hybridized carbons (Fsp3) is 0.364. The summed E-state index contributed by atoms with van der Waals surface area (Å²) in [5.41, 5.74) is 21.5. The summed E-state index contributed by atoms with van der Waals surface area (Å²) in [7, 11) is 0. The Balaban J connectivity index is 1.47. The maximum atomic E-state index is 13.3. The number of nitrogens with zero attached hydrogens (tertiary/aromatic N) is 1. The van der Waals surface area contributed by atoms with E-state index in [0.717, 1.165) is 16.7 Å². The second-order valence-corrected chi connectivity index (χ2v) is 10.5. The number of nitrogens with one attached hydrogen (secondary N) is 2. The molecule has 0 saturated carbocycles. The first-order chi connectivity index (χ1) is 20.3. The number of carbonyl (C=O) groups excluding carboxylic acids is 3. The van der Waals surface area contributed by atoms with Crippen LogP contribution < -0.4 is 27.8 Å². The fourth-order valence-corrected chi connectivity index (χ4v) is 4.67. The van der Waals surface area contributed by atoms with Gasteiger partial charge in [-0.1, -0.05) is 91.0 Å². The summed E-state index contributed by atoms with van der Waals surface area (Å²) in [4.78, 5) is 40.0. The summed E-state index contributed by atoms with van der Waals surface area (Å²) >= 11 is 0. The highest BCUT2D eigenvalue weighted by molar-refractivity contribution is 5.83. The minimum absolute atomic E-state index is 0.168. The van der Waals surface area contributed by atoms with Crippen LogP contribution in [-0.4, -0.2) is 66.9 Å². The van der Waals surface area contributed by atoms with Gasteiger partial charge in [0.15, 0.2) is 0 Å². The topological polar surface area (TPSA) is 157 Å². The Hall–Kier alpha value is -4.05. The van der Waals surface area contributed by atoms with Gasteiger partial charge in [0.05, 0.1) is 18.1 Å². The Morgan fingerprint density at radius 3 is 1.24 bits per heavy atom. The second-order valence-electron chi connectivity index (χ2n) is 10.5. The van der Waals surface area contributed by atoms with Crippen LogP contribution in [0.1, 0.15) is 29.5 Å². The van der Waals surface area contributed by atoms with Gasteiger partial charge in [0.25, 0.3) is 0 Å². The largest absolute Gasteiger partial charge is 0.355 e. The van der Waals surface area contributed by atoms with Gasteiger partial charge < -0.3 is 32.7 Å². The Labute approximate surface area is 248 Å². The lowest BCUT2D eigenvalue weighted by Crippen LogP contribution is -2.47. The number of rotatable bonds is 17. The highest BCUT2D eigenvalue weighted by Gasteiger charge is 2.22. The van der Waals surface area contributed by atoms with Crippen molar-refractivity contribution in [3.8, 4) is 0 Å². The summed E-state index contributed by atoms with van der Waals surface area (Å²) in [6, 6.07) is 26.9. The Bertz CT molecular complexity index is 1160. The minimum atomic E-state index is -0.699. The number of hydrogen-bond donors (Lipinski definition) is 5. The first-order valence-corrected chi connectivity index (χ1v) is 14.6. The fourth-order valence-electron chi connectivity index (χ4n) is 4.67. The summed E-state index contributed by atoms with van der Waals surface area (Å²) in [5, 5.41) is 5.75. The van der Waals surface area contributed by atoms with E-state index in [1.807, 2.05) is 91.0 Å². The van der Waals surface area contributed by atoms with Crippen molar-refractivity contribution in [2.75, 3.05) is 26.2 Å². The molecule has 0 aliphatic carbocycles. The molecule has 0 unspecified atom stereocenters. The van der Waals surface area contributed by atoms with Crippen molar-refractivity contribution in [1.29, 1.82) is 0 Å². The lowest BCUT2D eigenvalue weighted by Gasteiger charge is -2.26. The summed E-state index contributed by atoms with van der Waals surface area (Å²) in [6.07, 6.45) is 2.41. The Kier molecular flexibility index (Phi) is 13.7. The van der Waals surface area contributed by atoms with Crippen molar-refractivity contribution in [3.05, 3.63) is 108 Å². The van der Waals surface area contributed by atoms with Gasteiger partial charge >= 0.3 is 0 Å². The van der Waals surface area contributed by atoms with Crippen LogP contribution in [0, 0.1) is 0 Å². The van der Waals surface area contributed by atoms with Crippen LogP contribution in [0.3, 0.4) is 0 Å². The number of amides is 3. The smallest absolute Gasteiger partial charge is 0.239 e. The van der Waals surface area contributed by atoms with E-state index in [9.17, 15) is 14.4 Å². The highest BCUT2D eigenvalue weighted by atomic mass is 16.2. The van der Waals surface area contributed by atoms with Gasteiger partial charge in [-0.25, -0.2) is 0 Å². The third-order valence-corrected chi connectivity index (χ3v) is 7.01. The molecule has 0 radical (unpaired) electrons. The van der Waals surface area contributed by atoms with Gasteiger partial charge in [0.2, 0.25) is 17.7 Å². The predicted molar refractivity (Wildman–Crippen MR) is 166 cm³/mol. The van der Waals surface area contributed by atoms with Gasteiger partial charge in [-0.15, -0.1) is 0 Å². The van der Waals surface area contributed by atoms with E-state index in [0.29, 0.717) is 58.3 Å². The molecule has 0 aromatic heterocycles. The van der Waals surface area contributed by atoms with Crippen molar-refractivity contribution in [2.24, 2.45) is 17.2 Å². The normalized spacial score (nSPS) is 13.0. The van der Waals surface area contributed by atoms with Gasteiger partial charge in [-0.3, -0.25) is 14.4 Å². The SMILES string of the molecule is N[C@@H](Cc1ccccc1)C(=O)NCCCN(CCCNC(=O)[C@@H](N)Cc1ccccc1)C(=O)[C@@H](N)Cc1ccccc1. The maximum Gasteiger partial charge on any atom is 0.239 e. The van der Waals surface area contributed by atoms with Gasteiger partial charge in [0.1, 0.15) is 0 Å². The summed E-state index contributed by atoms with van der Waals surface area (Å²) in [6.45, 7) is 1.59. The Morgan fingerprint density at radius 1 is 0.548 bits per heavy atom. The molecule has 0 heterocycles. The van der Waals surface area contributed by atoms with E-state index < -0.39 is 18.1 Å². The minimum Gasteiger partial charge on any atom is -0.355 e. The lowest BCUT2D eigenvalue weighted by molar-refractivity contribution is -0.132. The molecule has 9 nitrogen and oxygen atoms in total. The Morgan fingerprint density at radius 2 is 0.881 bits per heavy atom. The standard InChI is InChI=1S/C33H44N6O3/c34-28(22-25-12-4-1-5-13-25)31(40)37-18-10-20-39(33(42)30(36)24-27-16-8-3-9-17-27)21-11-19-38-32(41)29(35)23-26-14-6-2-7-15-26/h1-9,12-17,28-30H,10-11,18-24,34-36H2,(H,37,40)(H,38,41)/t28-,29-,30-/m0/s1. The van der Waals surface area contributed by atoms with E-state index >= 15 is 0 Å². The third kappa shape index (κ3) is 11.4. The van der Waals surface area contributed by atoms with Crippen molar-refractivity contribution in [2.45, 2.75) is 50.2 Å². The van der Waals surface area contributed by atoms with Crippen molar-refractivity contribution in [1.82, 2.24) is 15.5 Å². The van der Waals surface area contributed by atoms with Crippen LogP contribution in [0.5, 0.6) is 0 Å². The molecule has 3 amide bonds.